The van der Waals surface area contributed by atoms with Crippen LogP contribution in [0.2, 0.25) is 0 Å². The first-order chi connectivity index (χ1) is 16.1. The summed E-state index contributed by atoms with van der Waals surface area (Å²) in [7, 11) is 1.56. The molecule has 1 aliphatic carbocycles. The summed E-state index contributed by atoms with van der Waals surface area (Å²) >= 11 is 0. The number of ether oxygens (including phenoxy) is 2. The number of urea groups is 1. The second-order valence-electron chi connectivity index (χ2n) is 7.87. The minimum absolute atomic E-state index is 0.202. The van der Waals surface area contributed by atoms with Gasteiger partial charge in [0, 0.05) is 22.6 Å². The lowest BCUT2D eigenvalue weighted by Gasteiger charge is -2.16. The molecule has 0 saturated heterocycles. The fourth-order valence-electron chi connectivity index (χ4n) is 3.78. The number of amides is 3. The Bertz CT molecular complexity index is 1110. The van der Waals surface area contributed by atoms with E-state index in [4.69, 9.17) is 9.47 Å². The van der Waals surface area contributed by atoms with Crippen molar-refractivity contribution in [1.82, 2.24) is 0 Å². The van der Waals surface area contributed by atoms with E-state index < -0.39 is 0 Å². The molecule has 7 nitrogen and oxygen atoms in total. The molecule has 7 heteroatoms. The van der Waals surface area contributed by atoms with Crippen LogP contribution in [0, 0.1) is 0 Å². The van der Waals surface area contributed by atoms with Crippen molar-refractivity contribution >= 4 is 29.0 Å². The monoisotopic (exact) mass is 445 g/mol. The van der Waals surface area contributed by atoms with E-state index in [1.807, 2.05) is 18.2 Å². The van der Waals surface area contributed by atoms with E-state index in [9.17, 15) is 9.59 Å². The van der Waals surface area contributed by atoms with E-state index in [0.29, 0.717) is 34.1 Å². The molecule has 1 fully saturated rings. The molecule has 33 heavy (non-hydrogen) atoms. The van der Waals surface area contributed by atoms with E-state index in [1.54, 1.807) is 61.7 Å². The molecule has 170 valence electrons. The van der Waals surface area contributed by atoms with Crippen molar-refractivity contribution in [3.05, 3.63) is 78.4 Å². The topological polar surface area (TPSA) is 88.7 Å². The summed E-state index contributed by atoms with van der Waals surface area (Å²) in [5, 5.41) is 8.38. The van der Waals surface area contributed by atoms with Gasteiger partial charge in [0.15, 0.2) is 11.5 Å². The second kappa shape index (κ2) is 10.5. The van der Waals surface area contributed by atoms with Gasteiger partial charge in [0.1, 0.15) is 0 Å². The normalized spacial score (nSPS) is 13.2. The molecular weight excluding hydrogens is 418 g/mol. The standard InChI is InChI=1S/C26H27N3O4/c1-32-24-16-18(14-15-23(24)33-22-12-5-6-13-22)25(30)27-20-10-7-11-21(17-20)29-26(31)28-19-8-3-2-4-9-19/h2-4,7-11,14-17,22H,5-6,12-13H2,1H3,(H,27,30)(H2,28,29,31). The molecule has 3 aromatic rings. The van der Waals surface area contributed by atoms with Crippen molar-refractivity contribution in [2.24, 2.45) is 0 Å². The van der Waals surface area contributed by atoms with Crippen molar-refractivity contribution in [1.29, 1.82) is 0 Å². The molecule has 0 bridgehead atoms. The van der Waals surface area contributed by atoms with Crippen LogP contribution >= 0.6 is 0 Å². The first-order valence-corrected chi connectivity index (χ1v) is 11.0. The Morgan fingerprint density at radius 3 is 2.15 bits per heavy atom. The van der Waals surface area contributed by atoms with Crippen molar-refractivity contribution in [2.75, 3.05) is 23.1 Å². The van der Waals surface area contributed by atoms with Gasteiger partial charge in [-0.15, -0.1) is 0 Å². The van der Waals surface area contributed by atoms with Gasteiger partial charge < -0.3 is 25.4 Å². The summed E-state index contributed by atoms with van der Waals surface area (Å²) in [5.74, 6) is 0.894. The summed E-state index contributed by atoms with van der Waals surface area (Å²) in [6.45, 7) is 0. The zero-order valence-electron chi connectivity index (χ0n) is 18.5. The maximum absolute atomic E-state index is 12.8. The quantitative estimate of drug-likeness (QED) is 0.422. The van der Waals surface area contributed by atoms with Gasteiger partial charge in [0.25, 0.3) is 5.91 Å². The second-order valence-corrected chi connectivity index (χ2v) is 7.87. The zero-order valence-corrected chi connectivity index (χ0v) is 18.5. The largest absolute Gasteiger partial charge is 0.493 e. The van der Waals surface area contributed by atoms with E-state index in [-0.39, 0.29) is 18.0 Å². The third kappa shape index (κ3) is 6.04. The number of nitrogens with one attached hydrogen (secondary N) is 3. The highest BCUT2D eigenvalue weighted by Gasteiger charge is 2.19. The lowest BCUT2D eigenvalue weighted by Crippen LogP contribution is -2.19. The van der Waals surface area contributed by atoms with E-state index in [0.717, 1.165) is 12.8 Å². The Kier molecular flexibility index (Phi) is 7.09. The number of hydrogen-bond acceptors (Lipinski definition) is 4. The average Bonchev–Trinajstić information content (AvgIpc) is 3.33. The van der Waals surface area contributed by atoms with Gasteiger partial charge in [-0.05, 0) is 74.2 Å². The van der Waals surface area contributed by atoms with Gasteiger partial charge in [-0.25, -0.2) is 4.79 Å². The van der Waals surface area contributed by atoms with Gasteiger partial charge in [0.05, 0.1) is 13.2 Å². The third-order valence-corrected chi connectivity index (χ3v) is 5.43. The lowest BCUT2D eigenvalue weighted by atomic mass is 10.1. The molecule has 3 amide bonds. The number of rotatable bonds is 7. The minimum atomic E-state index is -0.368. The number of para-hydroxylation sites is 1. The zero-order chi connectivity index (χ0) is 23.0. The highest BCUT2D eigenvalue weighted by molar-refractivity contribution is 6.05. The van der Waals surface area contributed by atoms with Gasteiger partial charge in [-0.3, -0.25) is 4.79 Å². The molecule has 0 aliphatic heterocycles. The molecule has 1 saturated carbocycles. The number of methoxy groups -OCH3 is 1. The van der Waals surface area contributed by atoms with Crippen LogP contribution < -0.4 is 25.4 Å². The summed E-state index contributed by atoms with van der Waals surface area (Å²) in [4.78, 5) is 25.0. The molecule has 0 aromatic heterocycles. The average molecular weight is 446 g/mol. The summed E-state index contributed by atoms with van der Waals surface area (Å²) in [6, 6.07) is 20.9. The highest BCUT2D eigenvalue weighted by atomic mass is 16.5. The first kappa shape index (κ1) is 22.2. The summed E-state index contributed by atoms with van der Waals surface area (Å²) < 4.78 is 11.5. The number of carbonyl (C=O) groups is 2. The molecule has 4 rings (SSSR count). The highest BCUT2D eigenvalue weighted by Crippen LogP contribution is 2.32. The smallest absolute Gasteiger partial charge is 0.323 e. The van der Waals surface area contributed by atoms with Crippen LogP contribution in [0.15, 0.2) is 72.8 Å². The first-order valence-electron chi connectivity index (χ1n) is 11.0. The number of carbonyl (C=O) groups excluding carboxylic acids is 2. The minimum Gasteiger partial charge on any atom is -0.493 e. The van der Waals surface area contributed by atoms with Gasteiger partial charge in [0.2, 0.25) is 0 Å². The van der Waals surface area contributed by atoms with Gasteiger partial charge in [-0.2, -0.15) is 0 Å². The van der Waals surface area contributed by atoms with Crippen molar-refractivity contribution in [3.8, 4) is 11.5 Å². The summed E-state index contributed by atoms with van der Waals surface area (Å²) in [6.07, 6.45) is 4.64. The fraction of sp³-hybridized carbons (Fsp3) is 0.231. The molecule has 0 atom stereocenters. The molecular formula is C26H27N3O4. The Balaban J connectivity index is 1.39. The Labute approximate surface area is 193 Å². The molecule has 3 N–H and O–H groups in total. The Morgan fingerprint density at radius 1 is 0.758 bits per heavy atom. The molecule has 0 heterocycles. The van der Waals surface area contributed by atoms with E-state index in [1.165, 1.54) is 12.8 Å². The maximum Gasteiger partial charge on any atom is 0.323 e. The maximum atomic E-state index is 12.8. The number of benzene rings is 3. The van der Waals surface area contributed by atoms with Gasteiger partial charge >= 0.3 is 6.03 Å². The third-order valence-electron chi connectivity index (χ3n) is 5.43. The molecule has 3 aromatic carbocycles. The molecule has 0 radical (unpaired) electrons. The van der Waals surface area contributed by atoms with Crippen LogP contribution in [0.25, 0.3) is 0 Å². The predicted octanol–water partition coefficient (Wildman–Crippen LogP) is 5.91. The Morgan fingerprint density at radius 2 is 1.42 bits per heavy atom. The predicted molar refractivity (Wildman–Crippen MR) is 129 cm³/mol. The van der Waals surface area contributed by atoms with Crippen molar-refractivity contribution < 1.29 is 19.1 Å². The SMILES string of the molecule is COc1cc(C(=O)Nc2cccc(NC(=O)Nc3ccccc3)c2)ccc1OC1CCCC1. The van der Waals surface area contributed by atoms with Crippen LogP contribution in [0.1, 0.15) is 36.0 Å². The van der Waals surface area contributed by atoms with Crippen LogP contribution in [-0.4, -0.2) is 25.2 Å². The molecule has 0 unspecified atom stereocenters. The van der Waals surface area contributed by atoms with Crippen LogP contribution in [0.4, 0.5) is 21.9 Å². The fourth-order valence-corrected chi connectivity index (χ4v) is 3.78. The molecule has 0 spiro atoms. The summed E-state index contributed by atoms with van der Waals surface area (Å²) in [5.41, 5.74) is 2.25. The number of anilines is 3. The number of hydrogen-bond donors (Lipinski definition) is 3. The van der Waals surface area contributed by atoms with Crippen LogP contribution in [-0.2, 0) is 0 Å². The lowest BCUT2D eigenvalue weighted by molar-refractivity contribution is 0.102. The Hall–Kier alpha value is -4.00. The van der Waals surface area contributed by atoms with Crippen LogP contribution in [0.3, 0.4) is 0 Å². The van der Waals surface area contributed by atoms with Crippen molar-refractivity contribution in [3.63, 3.8) is 0 Å². The van der Waals surface area contributed by atoms with Crippen molar-refractivity contribution in [2.45, 2.75) is 31.8 Å². The van der Waals surface area contributed by atoms with Gasteiger partial charge in [-0.1, -0.05) is 24.3 Å². The van der Waals surface area contributed by atoms with E-state index in [2.05, 4.69) is 16.0 Å². The van der Waals surface area contributed by atoms with Crippen LogP contribution in [0.5, 0.6) is 11.5 Å². The molecule has 1 aliphatic rings. The van der Waals surface area contributed by atoms with E-state index >= 15 is 0 Å².